The first kappa shape index (κ1) is 13.1. The van der Waals surface area contributed by atoms with Gasteiger partial charge in [0.1, 0.15) is 0 Å². The van der Waals surface area contributed by atoms with E-state index in [1.54, 1.807) is 10.6 Å². The molecule has 1 fully saturated rings. The number of nitrogens with two attached hydrogens (primary N) is 1. The second-order valence-electron chi connectivity index (χ2n) is 5.44. The summed E-state index contributed by atoms with van der Waals surface area (Å²) in [6.07, 6.45) is 2.20. The summed E-state index contributed by atoms with van der Waals surface area (Å²) in [4.78, 5) is 4.53. The van der Waals surface area contributed by atoms with Crippen LogP contribution in [0.2, 0.25) is 0 Å². The second-order valence-corrected chi connectivity index (χ2v) is 5.44. The van der Waals surface area contributed by atoms with Crippen molar-refractivity contribution < 1.29 is 9.13 Å². The number of hydrogen-bond donors (Lipinski definition) is 1. The van der Waals surface area contributed by atoms with Gasteiger partial charge >= 0.3 is 0 Å². The number of aromatic nitrogens is 3. The summed E-state index contributed by atoms with van der Waals surface area (Å²) in [5, 5.41) is 4.59. The van der Waals surface area contributed by atoms with E-state index < -0.39 is 6.86 Å². The highest BCUT2D eigenvalue weighted by molar-refractivity contribution is 5.69. The van der Waals surface area contributed by atoms with Gasteiger partial charge in [0.25, 0.3) is 0 Å². The third-order valence-corrected chi connectivity index (χ3v) is 3.80. The molecule has 1 aliphatic rings. The molecule has 3 aromatic rings. The minimum absolute atomic E-state index is 0.398. The molecule has 0 amide bonds. The molecule has 0 saturated heterocycles. The summed E-state index contributed by atoms with van der Waals surface area (Å²) < 4.78 is 19.3. The maximum Gasteiger partial charge on any atom is 0.228 e. The van der Waals surface area contributed by atoms with Crippen molar-refractivity contribution in [2.24, 2.45) is 0 Å². The maximum atomic E-state index is 12.6. The molecule has 6 heteroatoms. The number of benzene rings is 1. The van der Waals surface area contributed by atoms with Gasteiger partial charge in [-0.25, -0.2) is 13.9 Å². The highest BCUT2D eigenvalue weighted by atomic mass is 19.1. The summed E-state index contributed by atoms with van der Waals surface area (Å²) in [5.41, 5.74) is 8.87. The Hall–Kier alpha value is -2.63. The van der Waals surface area contributed by atoms with Crippen LogP contribution >= 0.6 is 0 Å². The SMILES string of the molecule is Nc1cccc(-c2ccc(OCF)c3nc(C4CC4)nn23)c1. The van der Waals surface area contributed by atoms with Crippen LogP contribution in [0.5, 0.6) is 5.75 Å². The summed E-state index contributed by atoms with van der Waals surface area (Å²) in [7, 11) is 0. The fraction of sp³-hybridized carbons (Fsp3) is 0.250. The first-order chi connectivity index (χ1) is 10.8. The van der Waals surface area contributed by atoms with Crippen LogP contribution in [0, 0.1) is 0 Å². The van der Waals surface area contributed by atoms with Crippen LogP contribution in [0.15, 0.2) is 36.4 Å². The highest BCUT2D eigenvalue weighted by Crippen LogP contribution is 2.39. The number of ether oxygens (including phenoxy) is 1. The Balaban J connectivity index is 1.93. The summed E-state index contributed by atoms with van der Waals surface area (Å²) in [6, 6.07) is 11.1. The molecule has 1 aromatic carbocycles. The van der Waals surface area contributed by atoms with Crippen molar-refractivity contribution in [1.82, 2.24) is 14.6 Å². The van der Waals surface area contributed by atoms with Crippen molar-refractivity contribution in [2.75, 3.05) is 12.6 Å². The molecule has 22 heavy (non-hydrogen) atoms. The molecule has 0 aliphatic heterocycles. The zero-order chi connectivity index (χ0) is 15.1. The average Bonchev–Trinajstić information content (AvgIpc) is 3.27. The summed E-state index contributed by atoms with van der Waals surface area (Å²) in [6.45, 7) is -0.890. The predicted molar refractivity (Wildman–Crippen MR) is 81.4 cm³/mol. The highest BCUT2D eigenvalue weighted by Gasteiger charge is 2.29. The molecular formula is C16H15FN4O. The van der Waals surface area contributed by atoms with Gasteiger partial charge in [0, 0.05) is 17.2 Å². The van der Waals surface area contributed by atoms with E-state index in [1.165, 1.54) is 0 Å². The van der Waals surface area contributed by atoms with E-state index in [4.69, 9.17) is 10.5 Å². The van der Waals surface area contributed by atoms with E-state index in [0.29, 0.717) is 23.0 Å². The lowest BCUT2D eigenvalue weighted by Crippen LogP contribution is -1.99. The molecular weight excluding hydrogens is 283 g/mol. The van der Waals surface area contributed by atoms with Crippen molar-refractivity contribution in [1.29, 1.82) is 0 Å². The molecule has 4 rings (SSSR count). The largest absolute Gasteiger partial charge is 0.459 e. The van der Waals surface area contributed by atoms with Crippen LogP contribution in [0.1, 0.15) is 24.6 Å². The molecule has 2 N–H and O–H groups in total. The van der Waals surface area contributed by atoms with Crippen molar-refractivity contribution in [3.05, 3.63) is 42.2 Å². The molecule has 2 aromatic heterocycles. The van der Waals surface area contributed by atoms with Crippen LogP contribution in [0.25, 0.3) is 16.9 Å². The van der Waals surface area contributed by atoms with Crippen LogP contribution in [-0.2, 0) is 0 Å². The van der Waals surface area contributed by atoms with Crippen LogP contribution in [0.3, 0.4) is 0 Å². The quantitative estimate of drug-likeness (QED) is 0.751. The lowest BCUT2D eigenvalue weighted by atomic mass is 10.1. The predicted octanol–water partition coefficient (Wildman–Crippen LogP) is 3.16. The Kier molecular flexibility index (Phi) is 2.96. The molecule has 1 aliphatic carbocycles. The number of nitrogens with zero attached hydrogens (tertiary/aromatic N) is 3. The Morgan fingerprint density at radius 2 is 2.14 bits per heavy atom. The number of fused-ring (bicyclic) bond motifs is 1. The van der Waals surface area contributed by atoms with E-state index in [9.17, 15) is 4.39 Å². The maximum absolute atomic E-state index is 12.6. The third kappa shape index (κ3) is 2.16. The number of alkyl halides is 1. The van der Waals surface area contributed by atoms with Crippen molar-refractivity contribution in [3.8, 4) is 17.0 Å². The van der Waals surface area contributed by atoms with Gasteiger partial charge in [0.05, 0.1) is 5.69 Å². The van der Waals surface area contributed by atoms with Gasteiger partial charge in [-0.3, -0.25) is 0 Å². The molecule has 0 radical (unpaired) electrons. The smallest absolute Gasteiger partial charge is 0.228 e. The van der Waals surface area contributed by atoms with Crippen LogP contribution < -0.4 is 10.5 Å². The van der Waals surface area contributed by atoms with Gasteiger partial charge < -0.3 is 10.5 Å². The van der Waals surface area contributed by atoms with Crippen molar-refractivity contribution >= 4 is 11.3 Å². The van der Waals surface area contributed by atoms with Crippen molar-refractivity contribution in [2.45, 2.75) is 18.8 Å². The standard InChI is InChI=1S/C16H15FN4O/c17-9-22-14-7-6-13(11-2-1-3-12(18)8-11)21-16(14)19-15(20-21)10-4-5-10/h1-3,6-8,10H,4-5,9,18H2. The number of rotatable bonds is 4. The molecule has 2 heterocycles. The zero-order valence-electron chi connectivity index (χ0n) is 11.9. The average molecular weight is 298 g/mol. The Morgan fingerprint density at radius 1 is 1.27 bits per heavy atom. The van der Waals surface area contributed by atoms with Gasteiger partial charge in [0.15, 0.2) is 17.2 Å². The number of halogens is 1. The first-order valence-corrected chi connectivity index (χ1v) is 7.20. The van der Waals surface area contributed by atoms with Crippen LogP contribution in [0.4, 0.5) is 10.1 Å². The first-order valence-electron chi connectivity index (χ1n) is 7.20. The van der Waals surface area contributed by atoms with E-state index in [0.717, 1.165) is 29.9 Å². The Bertz CT molecular complexity index is 841. The van der Waals surface area contributed by atoms with E-state index in [2.05, 4.69) is 10.1 Å². The minimum atomic E-state index is -0.890. The number of hydrogen-bond acceptors (Lipinski definition) is 4. The number of nitrogen functional groups attached to an aromatic ring is 1. The van der Waals surface area contributed by atoms with E-state index >= 15 is 0 Å². The Labute approximate surface area is 126 Å². The number of pyridine rings is 1. The third-order valence-electron chi connectivity index (χ3n) is 3.80. The minimum Gasteiger partial charge on any atom is -0.459 e. The lowest BCUT2D eigenvalue weighted by molar-refractivity contribution is 0.193. The molecule has 1 saturated carbocycles. The van der Waals surface area contributed by atoms with Gasteiger partial charge in [-0.15, -0.1) is 0 Å². The molecule has 0 spiro atoms. The summed E-state index contributed by atoms with van der Waals surface area (Å²) >= 11 is 0. The fourth-order valence-corrected chi connectivity index (χ4v) is 2.56. The molecule has 0 atom stereocenters. The van der Waals surface area contributed by atoms with Gasteiger partial charge in [-0.05, 0) is 37.1 Å². The van der Waals surface area contributed by atoms with Crippen LogP contribution in [-0.4, -0.2) is 21.5 Å². The van der Waals surface area contributed by atoms with E-state index in [1.807, 2.05) is 30.3 Å². The summed E-state index contributed by atoms with van der Waals surface area (Å²) in [5.74, 6) is 1.60. The molecule has 0 unspecified atom stereocenters. The molecule has 5 nitrogen and oxygen atoms in total. The van der Waals surface area contributed by atoms with Gasteiger partial charge in [0.2, 0.25) is 6.86 Å². The molecule has 112 valence electrons. The Morgan fingerprint density at radius 3 is 2.86 bits per heavy atom. The van der Waals surface area contributed by atoms with Gasteiger partial charge in [-0.2, -0.15) is 5.10 Å². The lowest BCUT2D eigenvalue weighted by Gasteiger charge is -2.08. The van der Waals surface area contributed by atoms with Gasteiger partial charge in [-0.1, -0.05) is 12.1 Å². The van der Waals surface area contributed by atoms with Crippen molar-refractivity contribution in [3.63, 3.8) is 0 Å². The topological polar surface area (TPSA) is 65.4 Å². The molecule has 0 bridgehead atoms. The monoisotopic (exact) mass is 298 g/mol. The normalized spacial score (nSPS) is 14.4. The number of anilines is 1. The fourth-order valence-electron chi connectivity index (χ4n) is 2.56. The van der Waals surface area contributed by atoms with E-state index in [-0.39, 0.29) is 0 Å². The zero-order valence-corrected chi connectivity index (χ0v) is 11.9. The second kappa shape index (κ2) is 4.98.